The molecule has 0 aliphatic heterocycles. The maximum Gasteiger partial charge on any atom is 0.323 e. The molecular formula is C20H23N5O2S. The van der Waals surface area contributed by atoms with Crippen molar-refractivity contribution in [3.8, 4) is 0 Å². The molecule has 7 nitrogen and oxygen atoms in total. The van der Waals surface area contributed by atoms with Crippen LogP contribution in [-0.4, -0.2) is 39.5 Å². The molecule has 0 radical (unpaired) electrons. The molecule has 0 saturated heterocycles. The highest BCUT2D eigenvalue weighted by atomic mass is 32.2. The fraction of sp³-hybridized carbons (Fsp3) is 0.350. The van der Waals surface area contributed by atoms with Crippen molar-refractivity contribution in [1.82, 2.24) is 14.6 Å². The van der Waals surface area contributed by atoms with Gasteiger partial charge in [-0.15, -0.1) is 11.8 Å². The van der Waals surface area contributed by atoms with Crippen LogP contribution in [0.4, 0.5) is 5.69 Å². The Morgan fingerprint density at radius 2 is 2.18 bits per heavy atom. The number of aromatic nitrogens is 3. The lowest BCUT2D eigenvalue weighted by Crippen LogP contribution is -2.33. The van der Waals surface area contributed by atoms with Gasteiger partial charge in [0.2, 0.25) is 0 Å². The van der Waals surface area contributed by atoms with Crippen molar-refractivity contribution < 1.29 is 9.53 Å². The Bertz CT molecular complexity index is 971. The van der Waals surface area contributed by atoms with Gasteiger partial charge in [-0.25, -0.2) is 9.50 Å². The second-order valence-corrected chi connectivity index (χ2v) is 7.91. The van der Waals surface area contributed by atoms with Crippen LogP contribution < -0.4 is 11.1 Å². The molecule has 8 heteroatoms. The van der Waals surface area contributed by atoms with Gasteiger partial charge < -0.3 is 15.8 Å². The zero-order valence-corrected chi connectivity index (χ0v) is 16.5. The van der Waals surface area contributed by atoms with E-state index in [0.717, 1.165) is 22.1 Å². The number of benzene rings is 1. The summed E-state index contributed by atoms with van der Waals surface area (Å²) < 4.78 is 6.63. The summed E-state index contributed by atoms with van der Waals surface area (Å²) in [7, 11) is 1.34. The molecule has 1 aliphatic carbocycles. The molecule has 3 N–H and O–H groups in total. The van der Waals surface area contributed by atoms with Gasteiger partial charge in [0, 0.05) is 18.2 Å². The lowest BCUT2D eigenvalue weighted by atomic mass is 10.2. The van der Waals surface area contributed by atoms with Crippen molar-refractivity contribution in [2.75, 3.05) is 18.2 Å². The molecule has 1 fully saturated rings. The van der Waals surface area contributed by atoms with Gasteiger partial charge in [-0.05, 0) is 24.5 Å². The number of hydrogen-bond acceptors (Lipinski definition) is 7. The number of carbonyl (C=O) groups is 1. The van der Waals surface area contributed by atoms with Crippen LogP contribution in [-0.2, 0) is 16.1 Å². The number of carbonyl (C=O) groups excluding carboxylic acids is 1. The van der Waals surface area contributed by atoms with Gasteiger partial charge in [-0.2, -0.15) is 5.10 Å². The molecule has 0 amide bonds. The van der Waals surface area contributed by atoms with Crippen molar-refractivity contribution in [2.24, 2.45) is 5.73 Å². The highest BCUT2D eigenvalue weighted by Crippen LogP contribution is 2.40. The monoisotopic (exact) mass is 397 g/mol. The summed E-state index contributed by atoms with van der Waals surface area (Å²) in [6.45, 7) is 0.692. The first kappa shape index (κ1) is 18.8. The summed E-state index contributed by atoms with van der Waals surface area (Å²) in [6, 6.07) is 11.5. The second-order valence-electron chi connectivity index (χ2n) is 6.87. The molecule has 1 aliphatic rings. The number of esters is 1. The maximum atomic E-state index is 11.6. The predicted octanol–water partition coefficient (Wildman–Crippen LogP) is 2.81. The first-order valence-electron chi connectivity index (χ1n) is 9.28. The summed E-state index contributed by atoms with van der Waals surface area (Å²) >= 11 is 1.44. The van der Waals surface area contributed by atoms with Gasteiger partial charge >= 0.3 is 5.97 Å². The first-order valence-corrected chi connectivity index (χ1v) is 10.3. The molecule has 3 aromatic rings. The number of nitrogens with one attached hydrogen (secondary N) is 1. The fourth-order valence-corrected chi connectivity index (χ4v) is 3.84. The average molecular weight is 398 g/mol. The third kappa shape index (κ3) is 4.13. The highest BCUT2D eigenvalue weighted by Gasteiger charge is 2.28. The van der Waals surface area contributed by atoms with Crippen molar-refractivity contribution in [1.29, 1.82) is 0 Å². The summed E-state index contributed by atoms with van der Waals surface area (Å²) in [6.07, 6.45) is 4.27. The van der Waals surface area contributed by atoms with Crippen molar-refractivity contribution in [3.63, 3.8) is 0 Å². The van der Waals surface area contributed by atoms with Crippen molar-refractivity contribution in [3.05, 3.63) is 53.9 Å². The van der Waals surface area contributed by atoms with Crippen LogP contribution in [0, 0.1) is 0 Å². The van der Waals surface area contributed by atoms with Crippen LogP contribution in [0.3, 0.4) is 0 Å². The summed E-state index contributed by atoms with van der Waals surface area (Å²) in [5.41, 5.74) is 9.93. The molecule has 1 atom stereocenters. The van der Waals surface area contributed by atoms with E-state index in [9.17, 15) is 4.79 Å². The molecule has 2 aromatic heterocycles. The maximum absolute atomic E-state index is 11.6. The predicted molar refractivity (Wildman–Crippen MR) is 109 cm³/mol. The van der Waals surface area contributed by atoms with Gasteiger partial charge in [0.05, 0.1) is 24.7 Å². The van der Waals surface area contributed by atoms with Gasteiger partial charge in [-0.1, -0.05) is 30.3 Å². The Labute approximate surface area is 167 Å². The molecule has 28 heavy (non-hydrogen) atoms. The van der Waals surface area contributed by atoms with Gasteiger partial charge in [0.15, 0.2) is 5.65 Å². The normalized spacial score (nSPS) is 14.8. The highest BCUT2D eigenvalue weighted by molar-refractivity contribution is 7.99. The average Bonchev–Trinajstić information content (AvgIpc) is 3.49. The Hall–Kier alpha value is -2.58. The first-order chi connectivity index (χ1) is 13.7. The Morgan fingerprint density at radius 1 is 1.39 bits per heavy atom. The number of hydrogen-bond donors (Lipinski definition) is 2. The second kappa shape index (κ2) is 8.20. The van der Waals surface area contributed by atoms with Crippen LogP contribution in [0.1, 0.15) is 30.0 Å². The van der Waals surface area contributed by atoms with E-state index in [1.54, 1.807) is 0 Å². The summed E-state index contributed by atoms with van der Waals surface area (Å²) in [5, 5.41) is 9.01. The molecule has 2 heterocycles. The Morgan fingerprint density at radius 3 is 2.89 bits per heavy atom. The number of fused-ring (bicyclic) bond motifs is 1. The Kier molecular flexibility index (Phi) is 5.50. The van der Waals surface area contributed by atoms with Crippen LogP contribution >= 0.6 is 11.8 Å². The molecule has 146 valence electrons. The third-order valence-corrected chi connectivity index (χ3v) is 5.73. The number of nitrogens with two attached hydrogens (primary N) is 1. The van der Waals surface area contributed by atoms with Gasteiger partial charge in [0.1, 0.15) is 11.1 Å². The van der Waals surface area contributed by atoms with Crippen molar-refractivity contribution in [2.45, 2.75) is 36.4 Å². The summed E-state index contributed by atoms with van der Waals surface area (Å²) in [5.74, 6) is 0.510. The minimum atomic E-state index is -0.682. The number of rotatable bonds is 8. The minimum absolute atomic E-state index is 0.400. The van der Waals surface area contributed by atoms with E-state index in [-0.39, 0.29) is 0 Å². The number of imidazole rings is 1. The van der Waals surface area contributed by atoms with E-state index in [0.29, 0.717) is 18.2 Å². The standard InChI is InChI=1S/C20H23N5O2S/c1-27-20(26)15(21)12-28-18-9-16(22-10-13-5-3-2-4-6-13)19-23-11-17(14-7-8-14)25(19)24-18/h2-6,9,11,14-15,22H,7-8,10,12,21H2,1H3. The molecular weight excluding hydrogens is 374 g/mol. The molecule has 0 spiro atoms. The van der Waals surface area contributed by atoms with Crippen molar-refractivity contribution >= 4 is 29.1 Å². The smallest absolute Gasteiger partial charge is 0.323 e. The van der Waals surface area contributed by atoms with E-state index in [1.165, 1.54) is 37.3 Å². The van der Waals surface area contributed by atoms with Crippen LogP contribution in [0.15, 0.2) is 47.6 Å². The van der Waals surface area contributed by atoms with Crippen LogP contribution in [0.5, 0.6) is 0 Å². The number of nitrogens with zero attached hydrogens (tertiary/aromatic N) is 3. The molecule has 1 aromatic carbocycles. The molecule has 1 saturated carbocycles. The number of thioether (sulfide) groups is 1. The lowest BCUT2D eigenvalue weighted by molar-refractivity contribution is -0.141. The van der Waals surface area contributed by atoms with Gasteiger partial charge in [0.25, 0.3) is 0 Å². The number of anilines is 1. The van der Waals surface area contributed by atoms with E-state index in [2.05, 4.69) is 22.4 Å². The van der Waals surface area contributed by atoms with E-state index in [1.807, 2.05) is 35.0 Å². The van der Waals surface area contributed by atoms with Gasteiger partial charge in [-0.3, -0.25) is 4.79 Å². The van der Waals surface area contributed by atoms with Crippen LogP contribution in [0.25, 0.3) is 5.65 Å². The fourth-order valence-electron chi connectivity index (χ4n) is 3.01. The number of methoxy groups -OCH3 is 1. The van der Waals surface area contributed by atoms with E-state index in [4.69, 9.17) is 15.6 Å². The third-order valence-electron chi connectivity index (χ3n) is 4.71. The summed E-state index contributed by atoms with van der Waals surface area (Å²) in [4.78, 5) is 16.2. The van der Waals surface area contributed by atoms with Crippen LogP contribution in [0.2, 0.25) is 0 Å². The minimum Gasteiger partial charge on any atom is -0.468 e. The topological polar surface area (TPSA) is 94.5 Å². The molecule has 4 rings (SSSR count). The number of ether oxygens (including phenoxy) is 1. The zero-order chi connectivity index (χ0) is 19.5. The molecule has 1 unspecified atom stereocenters. The zero-order valence-electron chi connectivity index (χ0n) is 15.7. The van der Waals surface area contributed by atoms with E-state index >= 15 is 0 Å². The lowest BCUT2D eigenvalue weighted by Gasteiger charge is -2.12. The quantitative estimate of drug-likeness (QED) is 0.446. The van der Waals surface area contributed by atoms with E-state index < -0.39 is 12.0 Å². The molecule has 0 bridgehead atoms. The SMILES string of the molecule is COC(=O)C(N)CSc1cc(NCc2ccccc2)c2ncc(C3CC3)n2n1. The largest absolute Gasteiger partial charge is 0.468 e. The Balaban J connectivity index is 1.60.